The van der Waals surface area contributed by atoms with Crippen LogP contribution in [-0.2, 0) is 9.47 Å². The number of nitrogens with one attached hydrogen (secondary N) is 1. The van der Waals surface area contributed by atoms with E-state index in [1.54, 1.807) is 0 Å². The molecular weight excluding hydrogens is 202 g/mol. The average Bonchev–Trinajstić information content (AvgIpc) is 2.33. The Bertz CT molecular complexity index is 158. The van der Waals surface area contributed by atoms with E-state index in [9.17, 15) is 0 Å². The smallest absolute Gasteiger partial charge is 0.0616 e. The summed E-state index contributed by atoms with van der Waals surface area (Å²) in [4.78, 5) is 0. The maximum Gasteiger partial charge on any atom is 0.0616 e. The van der Waals surface area contributed by atoms with E-state index in [1.807, 2.05) is 6.92 Å². The highest BCUT2D eigenvalue weighted by atomic mass is 16.5. The quantitative estimate of drug-likeness (QED) is 0.648. The van der Waals surface area contributed by atoms with Crippen molar-refractivity contribution in [3.05, 3.63) is 0 Å². The van der Waals surface area contributed by atoms with Crippen LogP contribution in [0.2, 0.25) is 0 Å². The van der Waals surface area contributed by atoms with Crippen LogP contribution in [0.15, 0.2) is 0 Å². The van der Waals surface area contributed by atoms with Crippen LogP contribution < -0.4 is 5.32 Å². The number of ether oxygens (including phenoxy) is 2. The van der Waals surface area contributed by atoms with E-state index in [1.165, 1.54) is 32.1 Å². The lowest BCUT2D eigenvalue weighted by Crippen LogP contribution is -2.32. The van der Waals surface area contributed by atoms with Crippen molar-refractivity contribution in [1.29, 1.82) is 0 Å². The van der Waals surface area contributed by atoms with Crippen LogP contribution in [0.5, 0.6) is 0 Å². The van der Waals surface area contributed by atoms with Gasteiger partial charge in [0.1, 0.15) is 0 Å². The Morgan fingerprint density at radius 1 is 1.44 bits per heavy atom. The molecule has 1 heterocycles. The maximum atomic E-state index is 5.70. The largest absolute Gasteiger partial charge is 0.380 e. The standard InChI is InChI=1S/C13H27NO2/c1-3-15-11-12(2)14-9-6-8-13-7-4-5-10-16-13/h12-14H,3-11H2,1-2H3. The summed E-state index contributed by atoms with van der Waals surface area (Å²) in [6.07, 6.45) is 6.79. The molecule has 3 nitrogen and oxygen atoms in total. The number of hydrogen-bond acceptors (Lipinski definition) is 3. The van der Waals surface area contributed by atoms with E-state index in [0.29, 0.717) is 12.1 Å². The van der Waals surface area contributed by atoms with Crippen LogP contribution in [0.4, 0.5) is 0 Å². The third-order valence-electron chi connectivity index (χ3n) is 3.04. The fourth-order valence-corrected chi connectivity index (χ4v) is 2.07. The minimum Gasteiger partial charge on any atom is -0.380 e. The van der Waals surface area contributed by atoms with Gasteiger partial charge in [0.15, 0.2) is 0 Å². The molecule has 16 heavy (non-hydrogen) atoms. The molecule has 1 fully saturated rings. The zero-order chi connectivity index (χ0) is 11.6. The third kappa shape index (κ3) is 6.46. The molecule has 0 bridgehead atoms. The summed E-state index contributed by atoms with van der Waals surface area (Å²) in [5.41, 5.74) is 0. The molecule has 0 aromatic rings. The lowest BCUT2D eigenvalue weighted by Gasteiger charge is -2.22. The second-order valence-corrected chi connectivity index (χ2v) is 4.65. The van der Waals surface area contributed by atoms with Gasteiger partial charge in [-0.05, 0) is 52.5 Å². The van der Waals surface area contributed by atoms with Crippen molar-refractivity contribution >= 4 is 0 Å². The van der Waals surface area contributed by atoms with Gasteiger partial charge in [0.05, 0.1) is 12.7 Å². The van der Waals surface area contributed by atoms with Gasteiger partial charge in [0, 0.05) is 19.3 Å². The third-order valence-corrected chi connectivity index (χ3v) is 3.04. The second kappa shape index (κ2) is 8.97. The Labute approximate surface area is 99.9 Å². The number of rotatable bonds is 8. The molecule has 1 saturated heterocycles. The molecule has 0 aliphatic carbocycles. The molecule has 2 atom stereocenters. The van der Waals surface area contributed by atoms with E-state index in [0.717, 1.165) is 26.4 Å². The SMILES string of the molecule is CCOCC(C)NCCCC1CCCCO1. The molecule has 0 spiro atoms. The first-order chi connectivity index (χ1) is 7.83. The molecular formula is C13H27NO2. The Hall–Kier alpha value is -0.120. The highest BCUT2D eigenvalue weighted by molar-refractivity contribution is 4.65. The summed E-state index contributed by atoms with van der Waals surface area (Å²) < 4.78 is 11.1. The molecule has 2 unspecified atom stereocenters. The van der Waals surface area contributed by atoms with Crippen LogP contribution in [0.25, 0.3) is 0 Å². The Kier molecular flexibility index (Phi) is 7.81. The first-order valence-electron chi connectivity index (χ1n) is 6.75. The minimum absolute atomic E-state index is 0.465. The van der Waals surface area contributed by atoms with Gasteiger partial charge in [-0.2, -0.15) is 0 Å². The normalized spacial score (nSPS) is 23.2. The van der Waals surface area contributed by atoms with Crippen LogP contribution >= 0.6 is 0 Å². The van der Waals surface area contributed by atoms with Gasteiger partial charge in [-0.3, -0.25) is 0 Å². The molecule has 1 rings (SSSR count). The summed E-state index contributed by atoms with van der Waals surface area (Å²) in [5, 5.41) is 3.48. The van der Waals surface area contributed by atoms with E-state index < -0.39 is 0 Å². The lowest BCUT2D eigenvalue weighted by molar-refractivity contribution is 0.01000. The van der Waals surface area contributed by atoms with Gasteiger partial charge in [0.25, 0.3) is 0 Å². The van der Waals surface area contributed by atoms with Crippen LogP contribution in [0, 0.1) is 0 Å². The van der Waals surface area contributed by atoms with Gasteiger partial charge < -0.3 is 14.8 Å². The molecule has 1 aliphatic rings. The van der Waals surface area contributed by atoms with Crippen molar-refractivity contribution in [3.63, 3.8) is 0 Å². The topological polar surface area (TPSA) is 30.5 Å². The van der Waals surface area contributed by atoms with Gasteiger partial charge in [-0.15, -0.1) is 0 Å². The first-order valence-corrected chi connectivity index (χ1v) is 6.75. The summed E-state index contributed by atoms with van der Waals surface area (Å²) in [6, 6.07) is 0.465. The van der Waals surface area contributed by atoms with Gasteiger partial charge in [-0.1, -0.05) is 0 Å². The van der Waals surface area contributed by atoms with Crippen LogP contribution in [0.3, 0.4) is 0 Å². The molecule has 0 aromatic carbocycles. The predicted octanol–water partition coefficient (Wildman–Crippen LogP) is 2.35. The first kappa shape index (κ1) is 13.9. The van der Waals surface area contributed by atoms with Crippen molar-refractivity contribution in [2.45, 2.75) is 58.1 Å². The van der Waals surface area contributed by atoms with Crippen molar-refractivity contribution < 1.29 is 9.47 Å². The lowest BCUT2D eigenvalue weighted by atomic mass is 10.0. The fourth-order valence-electron chi connectivity index (χ4n) is 2.07. The number of hydrogen-bond donors (Lipinski definition) is 1. The molecule has 0 aromatic heterocycles. The van der Waals surface area contributed by atoms with E-state index in [4.69, 9.17) is 9.47 Å². The van der Waals surface area contributed by atoms with Crippen LogP contribution in [-0.4, -0.2) is 38.5 Å². The summed E-state index contributed by atoms with van der Waals surface area (Å²) >= 11 is 0. The van der Waals surface area contributed by atoms with Gasteiger partial charge >= 0.3 is 0 Å². The zero-order valence-electron chi connectivity index (χ0n) is 10.8. The van der Waals surface area contributed by atoms with Crippen LogP contribution in [0.1, 0.15) is 46.0 Å². The maximum absolute atomic E-state index is 5.70. The van der Waals surface area contributed by atoms with Crippen molar-refractivity contribution in [1.82, 2.24) is 5.32 Å². The molecule has 0 amide bonds. The summed E-state index contributed by atoms with van der Waals surface area (Å²) in [5.74, 6) is 0. The van der Waals surface area contributed by atoms with E-state index in [2.05, 4.69) is 12.2 Å². The van der Waals surface area contributed by atoms with E-state index >= 15 is 0 Å². The van der Waals surface area contributed by atoms with Gasteiger partial charge in [0.2, 0.25) is 0 Å². The molecule has 96 valence electrons. The molecule has 3 heteroatoms. The fraction of sp³-hybridized carbons (Fsp3) is 1.00. The highest BCUT2D eigenvalue weighted by Gasteiger charge is 2.12. The summed E-state index contributed by atoms with van der Waals surface area (Å²) in [6.45, 7) is 7.88. The molecule has 0 radical (unpaired) electrons. The van der Waals surface area contributed by atoms with Crippen molar-refractivity contribution in [3.8, 4) is 0 Å². The second-order valence-electron chi connectivity index (χ2n) is 4.65. The monoisotopic (exact) mass is 229 g/mol. The molecule has 1 aliphatic heterocycles. The zero-order valence-corrected chi connectivity index (χ0v) is 10.8. The predicted molar refractivity (Wildman–Crippen MR) is 66.8 cm³/mol. The van der Waals surface area contributed by atoms with E-state index in [-0.39, 0.29) is 0 Å². The average molecular weight is 229 g/mol. The Morgan fingerprint density at radius 3 is 3.00 bits per heavy atom. The summed E-state index contributed by atoms with van der Waals surface area (Å²) in [7, 11) is 0. The molecule has 1 N–H and O–H groups in total. The Morgan fingerprint density at radius 2 is 2.31 bits per heavy atom. The van der Waals surface area contributed by atoms with Crippen molar-refractivity contribution in [2.75, 3.05) is 26.4 Å². The Balaban J connectivity index is 1.90. The molecule has 0 saturated carbocycles. The van der Waals surface area contributed by atoms with Gasteiger partial charge in [-0.25, -0.2) is 0 Å². The minimum atomic E-state index is 0.465. The van der Waals surface area contributed by atoms with Crippen molar-refractivity contribution in [2.24, 2.45) is 0 Å². The highest BCUT2D eigenvalue weighted by Crippen LogP contribution is 2.16.